The molecule has 0 aliphatic rings. The summed E-state index contributed by atoms with van der Waals surface area (Å²) in [5.74, 6) is 0.878. The van der Waals surface area contributed by atoms with Crippen LogP contribution >= 0.6 is 11.3 Å². The van der Waals surface area contributed by atoms with Gasteiger partial charge in [-0.15, -0.1) is 11.3 Å². The van der Waals surface area contributed by atoms with Crippen molar-refractivity contribution in [2.24, 2.45) is 0 Å². The summed E-state index contributed by atoms with van der Waals surface area (Å²) in [6, 6.07) is 61.2. The highest BCUT2D eigenvalue weighted by Crippen LogP contribution is 2.50. The molecule has 246 valence electrons. The summed E-state index contributed by atoms with van der Waals surface area (Å²) in [6.45, 7) is 0. The summed E-state index contributed by atoms with van der Waals surface area (Å²) in [6.07, 6.45) is 0. The van der Waals surface area contributed by atoms with Gasteiger partial charge in [-0.3, -0.25) is 0 Å². The van der Waals surface area contributed by atoms with Crippen LogP contribution in [0.3, 0.4) is 0 Å². The molecular formula is C50H28O2S. The molecule has 3 aromatic heterocycles. The summed E-state index contributed by atoms with van der Waals surface area (Å²) < 4.78 is 15.8. The Labute approximate surface area is 307 Å². The van der Waals surface area contributed by atoms with Crippen LogP contribution in [0.1, 0.15) is 0 Å². The van der Waals surface area contributed by atoms with Crippen LogP contribution < -0.4 is 0 Å². The van der Waals surface area contributed by atoms with Crippen LogP contribution in [-0.4, -0.2) is 0 Å². The fourth-order valence-electron chi connectivity index (χ4n) is 8.77. The average Bonchev–Trinajstić information content (AvgIpc) is 3.93. The van der Waals surface area contributed by atoms with Gasteiger partial charge < -0.3 is 8.83 Å². The number of furan rings is 2. The third-order valence-electron chi connectivity index (χ3n) is 11.1. The molecule has 0 N–H and O–H groups in total. The van der Waals surface area contributed by atoms with Crippen LogP contribution in [0.15, 0.2) is 179 Å². The van der Waals surface area contributed by atoms with Gasteiger partial charge >= 0.3 is 0 Å². The quantitative estimate of drug-likeness (QED) is 0.172. The van der Waals surface area contributed by atoms with E-state index in [0.717, 1.165) is 38.8 Å². The van der Waals surface area contributed by atoms with Crippen LogP contribution in [0.4, 0.5) is 0 Å². The third kappa shape index (κ3) is 4.14. The Kier molecular flexibility index (Phi) is 5.96. The molecule has 0 aliphatic heterocycles. The van der Waals surface area contributed by atoms with Gasteiger partial charge in [0.2, 0.25) is 0 Å². The van der Waals surface area contributed by atoms with E-state index in [1.807, 2.05) is 11.3 Å². The zero-order valence-corrected chi connectivity index (χ0v) is 29.2. The number of rotatable bonds is 3. The van der Waals surface area contributed by atoms with Gasteiger partial charge in [0.1, 0.15) is 22.5 Å². The second-order valence-corrected chi connectivity index (χ2v) is 15.0. The molecule has 9 aromatic carbocycles. The molecule has 0 radical (unpaired) electrons. The van der Waals surface area contributed by atoms with Gasteiger partial charge in [0.05, 0.1) is 0 Å². The molecule has 53 heavy (non-hydrogen) atoms. The minimum atomic E-state index is 0.878. The van der Waals surface area contributed by atoms with Gasteiger partial charge in [-0.05, 0) is 91.0 Å². The molecule has 0 bridgehead atoms. The summed E-state index contributed by atoms with van der Waals surface area (Å²) >= 11 is 1.84. The van der Waals surface area contributed by atoms with E-state index in [1.54, 1.807) is 0 Å². The van der Waals surface area contributed by atoms with Gasteiger partial charge in [-0.1, -0.05) is 133 Å². The molecule has 3 heterocycles. The number of thiophene rings is 1. The average molecular weight is 693 g/mol. The Balaban J connectivity index is 1.20. The maximum absolute atomic E-state index is 6.91. The molecular weight excluding hydrogens is 665 g/mol. The molecule has 0 fully saturated rings. The van der Waals surface area contributed by atoms with E-state index >= 15 is 0 Å². The lowest BCUT2D eigenvalue weighted by Gasteiger charge is -2.18. The van der Waals surface area contributed by atoms with E-state index in [9.17, 15) is 0 Å². The molecule has 0 spiro atoms. The van der Waals surface area contributed by atoms with Crippen molar-refractivity contribution in [1.29, 1.82) is 0 Å². The van der Waals surface area contributed by atoms with Crippen molar-refractivity contribution in [2.75, 3.05) is 0 Å². The van der Waals surface area contributed by atoms with Crippen LogP contribution in [0.2, 0.25) is 0 Å². The molecule has 12 rings (SSSR count). The SMILES string of the molecule is c1ccc(-c2cc3c(-c4c5ccccc5c(-c5ccc6oc7ccc8ccccc8c7c6c5)c5ccccc45)cc4sc5ccccc5c4c3o2)cc1. The lowest BCUT2D eigenvalue weighted by atomic mass is 9.84. The maximum atomic E-state index is 6.91. The molecule has 0 saturated carbocycles. The smallest absolute Gasteiger partial charge is 0.144 e. The minimum Gasteiger partial charge on any atom is -0.456 e. The zero-order chi connectivity index (χ0) is 34.6. The number of fused-ring (bicyclic) bond motifs is 12. The molecule has 0 saturated heterocycles. The fourth-order valence-corrected chi connectivity index (χ4v) is 9.91. The van der Waals surface area contributed by atoms with Crippen LogP contribution in [0.5, 0.6) is 0 Å². The lowest BCUT2D eigenvalue weighted by Crippen LogP contribution is -1.91. The Bertz CT molecular complexity index is 3390. The van der Waals surface area contributed by atoms with Crippen molar-refractivity contribution in [3.8, 4) is 33.6 Å². The Morgan fingerprint density at radius 1 is 0.358 bits per heavy atom. The number of benzene rings is 9. The second-order valence-electron chi connectivity index (χ2n) is 13.9. The van der Waals surface area contributed by atoms with Gasteiger partial charge in [0.25, 0.3) is 0 Å². The van der Waals surface area contributed by atoms with Crippen molar-refractivity contribution in [3.05, 3.63) is 170 Å². The fraction of sp³-hybridized carbons (Fsp3) is 0. The minimum absolute atomic E-state index is 0.878. The monoisotopic (exact) mass is 692 g/mol. The largest absolute Gasteiger partial charge is 0.456 e. The topological polar surface area (TPSA) is 26.3 Å². The molecule has 3 heteroatoms. The van der Waals surface area contributed by atoms with E-state index in [-0.39, 0.29) is 0 Å². The maximum Gasteiger partial charge on any atom is 0.144 e. The first-order valence-corrected chi connectivity index (χ1v) is 18.8. The molecule has 0 amide bonds. The summed E-state index contributed by atoms with van der Waals surface area (Å²) in [4.78, 5) is 0. The van der Waals surface area contributed by atoms with Crippen molar-refractivity contribution < 1.29 is 8.83 Å². The first kappa shape index (κ1) is 29.0. The zero-order valence-electron chi connectivity index (χ0n) is 28.4. The van der Waals surface area contributed by atoms with Gasteiger partial charge in [-0.2, -0.15) is 0 Å². The highest BCUT2D eigenvalue weighted by Gasteiger charge is 2.23. The highest BCUT2D eigenvalue weighted by molar-refractivity contribution is 7.26. The molecule has 2 nitrogen and oxygen atoms in total. The summed E-state index contributed by atoms with van der Waals surface area (Å²) in [5, 5.41) is 13.1. The molecule has 12 aromatic rings. The van der Waals surface area contributed by atoms with Crippen molar-refractivity contribution >= 4 is 96.7 Å². The van der Waals surface area contributed by atoms with E-state index in [1.165, 1.54) is 80.1 Å². The first-order valence-electron chi connectivity index (χ1n) is 18.0. The summed E-state index contributed by atoms with van der Waals surface area (Å²) in [7, 11) is 0. The van der Waals surface area contributed by atoms with Crippen molar-refractivity contribution in [1.82, 2.24) is 0 Å². The predicted molar refractivity (Wildman–Crippen MR) is 225 cm³/mol. The van der Waals surface area contributed by atoms with E-state index in [2.05, 4.69) is 170 Å². The second kappa shape index (κ2) is 10.9. The van der Waals surface area contributed by atoms with Crippen LogP contribution in [0, 0.1) is 0 Å². The standard InChI is InChI=1S/C50H28O2S/c1-2-13-30(14-3-1)43-27-39-38(28-45-49(50(39)52-43)37-20-10-11-21-44(37)53-45)47-35-18-8-6-16-33(35)46(34-17-7-9-19-36(34)47)31-23-24-41-40(26-31)48-32-15-5-4-12-29(32)22-25-42(48)51-41/h1-28H. The molecule has 0 unspecified atom stereocenters. The van der Waals surface area contributed by atoms with Gasteiger partial charge in [0, 0.05) is 41.9 Å². The Morgan fingerprint density at radius 2 is 1.00 bits per heavy atom. The molecule has 0 atom stereocenters. The Morgan fingerprint density at radius 3 is 1.77 bits per heavy atom. The van der Waals surface area contributed by atoms with Gasteiger partial charge in [-0.25, -0.2) is 0 Å². The van der Waals surface area contributed by atoms with Crippen molar-refractivity contribution in [2.45, 2.75) is 0 Å². The normalized spacial score (nSPS) is 12.2. The number of hydrogen-bond donors (Lipinski definition) is 0. The number of hydrogen-bond acceptors (Lipinski definition) is 3. The van der Waals surface area contributed by atoms with E-state index in [0.29, 0.717) is 0 Å². The lowest BCUT2D eigenvalue weighted by molar-refractivity contribution is 0.635. The first-order chi connectivity index (χ1) is 26.3. The predicted octanol–water partition coefficient (Wildman–Crippen LogP) is 15.2. The van der Waals surface area contributed by atoms with E-state index in [4.69, 9.17) is 8.83 Å². The molecule has 0 aliphatic carbocycles. The van der Waals surface area contributed by atoms with Gasteiger partial charge in [0.15, 0.2) is 0 Å². The summed E-state index contributed by atoms with van der Waals surface area (Å²) in [5.41, 5.74) is 8.64. The van der Waals surface area contributed by atoms with Crippen LogP contribution in [-0.2, 0) is 0 Å². The third-order valence-corrected chi connectivity index (χ3v) is 12.2. The van der Waals surface area contributed by atoms with E-state index < -0.39 is 0 Å². The Hall–Kier alpha value is -6.68. The van der Waals surface area contributed by atoms with Crippen LogP contribution in [0.25, 0.3) is 119 Å². The highest BCUT2D eigenvalue weighted by atomic mass is 32.1. The van der Waals surface area contributed by atoms with Crippen molar-refractivity contribution in [3.63, 3.8) is 0 Å².